The Bertz CT molecular complexity index is 569. The van der Waals surface area contributed by atoms with E-state index in [0.717, 1.165) is 35.7 Å². The van der Waals surface area contributed by atoms with E-state index in [9.17, 15) is 8.42 Å². The van der Waals surface area contributed by atoms with Gasteiger partial charge < -0.3 is 10.1 Å². The number of nitrogens with zero attached hydrogens (tertiary/aromatic N) is 1. The summed E-state index contributed by atoms with van der Waals surface area (Å²) >= 11 is 1.55. The van der Waals surface area contributed by atoms with Gasteiger partial charge >= 0.3 is 0 Å². The second-order valence-electron chi connectivity index (χ2n) is 5.28. The molecule has 0 spiro atoms. The third kappa shape index (κ3) is 3.84. The Morgan fingerprint density at radius 2 is 2.29 bits per heavy atom. The predicted molar refractivity (Wildman–Crippen MR) is 85.2 cm³/mol. The molecule has 1 aromatic rings. The van der Waals surface area contributed by atoms with E-state index >= 15 is 0 Å². The van der Waals surface area contributed by atoms with Crippen LogP contribution >= 0.6 is 11.3 Å². The summed E-state index contributed by atoms with van der Waals surface area (Å²) in [6.45, 7) is 6.55. The Labute approximate surface area is 131 Å². The zero-order chi connectivity index (χ0) is 15.5. The van der Waals surface area contributed by atoms with Crippen molar-refractivity contribution >= 4 is 21.4 Å². The van der Waals surface area contributed by atoms with Crippen LogP contribution in [0.3, 0.4) is 0 Å². The molecule has 2 rings (SSSR count). The smallest absolute Gasteiger partial charge is 0.244 e. The molecular weight excluding hydrogens is 308 g/mol. The van der Waals surface area contributed by atoms with Crippen molar-refractivity contribution in [1.82, 2.24) is 9.62 Å². The highest BCUT2D eigenvalue weighted by Gasteiger charge is 2.32. The Hall–Kier alpha value is -0.470. The number of ether oxygens (including phenoxy) is 1. The number of nitrogens with one attached hydrogen (secondary N) is 1. The van der Waals surface area contributed by atoms with Crippen molar-refractivity contribution in [1.29, 1.82) is 0 Å². The molecule has 1 atom stereocenters. The van der Waals surface area contributed by atoms with Gasteiger partial charge in [-0.1, -0.05) is 6.92 Å². The van der Waals surface area contributed by atoms with Crippen LogP contribution in [0.4, 0.5) is 0 Å². The second kappa shape index (κ2) is 7.19. The summed E-state index contributed by atoms with van der Waals surface area (Å²) in [6.07, 6.45) is 1.79. The van der Waals surface area contributed by atoms with Crippen molar-refractivity contribution in [2.24, 2.45) is 0 Å². The van der Waals surface area contributed by atoms with E-state index in [0.29, 0.717) is 18.0 Å². The van der Waals surface area contributed by atoms with Crippen LogP contribution < -0.4 is 5.32 Å². The lowest BCUT2D eigenvalue weighted by atomic mass is 10.1. The van der Waals surface area contributed by atoms with E-state index in [1.807, 2.05) is 19.9 Å². The number of sulfonamides is 1. The average molecular weight is 332 g/mol. The van der Waals surface area contributed by atoms with Crippen LogP contribution in [0.25, 0.3) is 0 Å². The van der Waals surface area contributed by atoms with Gasteiger partial charge in [0.25, 0.3) is 0 Å². The van der Waals surface area contributed by atoms with Gasteiger partial charge in [-0.05, 0) is 32.4 Å². The molecule has 1 saturated heterocycles. The number of aryl methyl sites for hydroxylation is 1. The van der Waals surface area contributed by atoms with Crippen molar-refractivity contribution in [2.75, 3.05) is 26.7 Å². The molecule has 120 valence electrons. The number of hydrogen-bond acceptors (Lipinski definition) is 5. The van der Waals surface area contributed by atoms with Gasteiger partial charge in [0.1, 0.15) is 0 Å². The standard InChI is InChI=1S/C14H24N2O3S2/c1-4-15-9-13-8-14(11(2)20-13)21(17,18)16-7-5-6-12(10-16)19-3/h8,12,15H,4-7,9-10H2,1-3H3. The van der Waals surface area contributed by atoms with Crippen molar-refractivity contribution in [3.8, 4) is 0 Å². The van der Waals surface area contributed by atoms with E-state index in [2.05, 4.69) is 5.32 Å². The molecule has 1 fully saturated rings. The largest absolute Gasteiger partial charge is 0.380 e. The first kappa shape index (κ1) is 16.9. The highest BCUT2D eigenvalue weighted by molar-refractivity contribution is 7.89. The zero-order valence-corrected chi connectivity index (χ0v) is 14.5. The van der Waals surface area contributed by atoms with Gasteiger partial charge in [-0.2, -0.15) is 4.31 Å². The topological polar surface area (TPSA) is 58.6 Å². The first-order chi connectivity index (χ1) is 9.98. The van der Waals surface area contributed by atoms with Crippen LogP contribution in [-0.4, -0.2) is 45.6 Å². The molecule has 0 radical (unpaired) electrons. The molecular formula is C14H24N2O3S2. The maximum atomic E-state index is 12.8. The monoisotopic (exact) mass is 332 g/mol. The highest BCUT2D eigenvalue weighted by Crippen LogP contribution is 2.30. The fourth-order valence-corrected chi connectivity index (χ4v) is 5.65. The molecule has 0 bridgehead atoms. The molecule has 0 aliphatic carbocycles. The molecule has 21 heavy (non-hydrogen) atoms. The average Bonchev–Trinajstić information content (AvgIpc) is 2.87. The van der Waals surface area contributed by atoms with Gasteiger partial charge in [-0.15, -0.1) is 11.3 Å². The maximum Gasteiger partial charge on any atom is 0.244 e. The molecule has 0 saturated carbocycles. The van der Waals surface area contributed by atoms with Crippen LogP contribution in [0.1, 0.15) is 29.5 Å². The van der Waals surface area contributed by atoms with Crippen LogP contribution in [-0.2, 0) is 21.3 Å². The minimum absolute atomic E-state index is 0.00805. The van der Waals surface area contributed by atoms with E-state index in [1.54, 1.807) is 22.8 Å². The quantitative estimate of drug-likeness (QED) is 0.865. The van der Waals surface area contributed by atoms with Crippen LogP contribution in [0.15, 0.2) is 11.0 Å². The lowest BCUT2D eigenvalue weighted by molar-refractivity contribution is 0.0572. The summed E-state index contributed by atoms with van der Waals surface area (Å²) in [4.78, 5) is 2.38. The van der Waals surface area contributed by atoms with Gasteiger partial charge in [0.15, 0.2) is 0 Å². The van der Waals surface area contributed by atoms with Crippen LogP contribution in [0.2, 0.25) is 0 Å². The minimum atomic E-state index is -3.40. The van der Waals surface area contributed by atoms with Crippen LogP contribution in [0.5, 0.6) is 0 Å². The number of thiophene rings is 1. The summed E-state index contributed by atoms with van der Waals surface area (Å²) in [6, 6.07) is 1.81. The SMILES string of the molecule is CCNCc1cc(S(=O)(=O)N2CCCC(OC)C2)c(C)s1. The Morgan fingerprint density at radius 3 is 2.95 bits per heavy atom. The summed E-state index contributed by atoms with van der Waals surface area (Å²) in [7, 11) is -1.76. The van der Waals surface area contributed by atoms with Gasteiger partial charge in [0, 0.05) is 36.5 Å². The molecule has 7 heteroatoms. The molecule has 1 unspecified atom stereocenters. The fraction of sp³-hybridized carbons (Fsp3) is 0.714. The van der Waals surface area contributed by atoms with Crippen molar-refractivity contribution < 1.29 is 13.2 Å². The lowest BCUT2D eigenvalue weighted by Gasteiger charge is -2.31. The summed E-state index contributed by atoms with van der Waals surface area (Å²) in [5, 5.41) is 3.23. The molecule has 0 aromatic carbocycles. The molecule has 1 aliphatic rings. The van der Waals surface area contributed by atoms with Gasteiger partial charge in [-0.3, -0.25) is 0 Å². The van der Waals surface area contributed by atoms with E-state index in [1.165, 1.54) is 0 Å². The third-order valence-corrected chi connectivity index (χ3v) is 6.94. The first-order valence-corrected chi connectivity index (χ1v) is 9.57. The summed E-state index contributed by atoms with van der Waals surface area (Å²) in [5.74, 6) is 0. The zero-order valence-electron chi connectivity index (χ0n) is 12.9. The Kier molecular flexibility index (Phi) is 5.79. The van der Waals surface area contributed by atoms with Gasteiger partial charge in [0.2, 0.25) is 10.0 Å². The van der Waals surface area contributed by atoms with E-state index < -0.39 is 10.0 Å². The molecule has 1 aliphatic heterocycles. The minimum Gasteiger partial charge on any atom is -0.380 e. The van der Waals surface area contributed by atoms with Gasteiger partial charge in [0.05, 0.1) is 11.0 Å². The van der Waals surface area contributed by atoms with E-state index in [-0.39, 0.29) is 6.10 Å². The first-order valence-electron chi connectivity index (χ1n) is 7.32. The number of piperidine rings is 1. The number of methoxy groups -OCH3 is 1. The maximum absolute atomic E-state index is 12.8. The fourth-order valence-electron chi connectivity index (χ4n) is 2.57. The molecule has 2 heterocycles. The van der Waals surface area contributed by atoms with Gasteiger partial charge in [-0.25, -0.2) is 8.42 Å². The number of hydrogen-bond donors (Lipinski definition) is 1. The van der Waals surface area contributed by atoms with E-state index in [4.69, 9.17) is 4.74 Å². The second-order valence-corrected chi connectivity index (χ2v) is 8.52. The predicted octanol–water partition coefficient (Wildman–Crippen LogP) is 1.97. The summed E-state index contributed by atoms with van der Waals surface area (Å²) in [5.41, 5.74) is 0. The Balaban J connectivity index is 2.20. The molecule has 1 aromatic heterocycles. The number of rotatable bonds is 6. The van der Waals surface area contributed by atoms with Crippen molar-refractivity contribution in [3.05, 3.63) is 15.8 Å². The molecule has 5 nitrogen and oxygen atoms in total. The van der Waals surface area contributed by atoms with Crippen LogP contribution in [0, 0.1) is 6.92 Å². The third-order valence-electron chi connectivity index (χ3n) is 3.76. The lowest BCUT2D eigenvalue weighted by Crippen LogP contribution is -2.42. The highest BCUT2D eigenvalue weighted by atomic mass is 32.2. The van der Waals surface area contributed by atoms with Crippen molar-refractivity contribution in [3.63, 3.8) is 0 Å². The van der Waals surface area contributed by atoms with Crippen molar-refractivity contribution in [2.45, 2.75) is 44.2 Å². The normalized spacial score (nSPS) is 20.8. The molecule has 1 N–H and O–H groups in total. The Morgan fingerprint density at radius 1 is 1.52 bits per heavy atom. The molecule has 0 amide bonds. The summed E-state index contributed by atoms with van der Waals surface area (Å²) < 4.78 is 32.5.